The van der Waals surface area contributed by atoms with E-state index in [4.69, 9.17) is 14.2 Å². The molecule has 0 aliphatic rings. The van der Waals surface area contributed by atoms with Crippen molar-refractivity contribution in [1.82, 2.24) is 0 Å². The van der Waals surface area contributed by atoms with E-state index in [0.717, 1.165) is 0 Å². The zero-order valence-corrected chi connectivity index (χ0v) is 11.2. The summed E-state index contributed by atoms with van der Waals surface area (Å²) in [5, 5.41) is 0. The molecule has 0 spiro atoms. The Morgan fingerprint density at radius 3 is 2.32 bits per heavy atom. The van der Waals surface area contributed by atoms with Gasteiger partial charge < -0.3 is 14.2 Å². The minimum atomic E-state index is -0.380. The molecule has 0 fully saturated rings. The van der Waals surface area contributed by atoms with Gasteiger partial charge in [-0.1, -0.05) is 0 Å². The van der Waals surface area contributed by atoms with E-state index in [1.54, 1.807) is 31.4 Å². The number of carbonyl (C=O) groups excluding carboxylic acids is 2. The highest BCUT2D eigenvalue weighted by Gasteiger charge is 2.06. The number of methoxy groups -OCH3 is 1. The molecule has 5 heteroatoms. The fourth-order valence-electron chi connectivity index (χ4n) is 1.41. The maximum Gasteiger partial charge on any atom is 0.302 e. The number of hydrogen-bond donors (Lipinski definition) is 0. The normalized spacial score (nSPS) is 10.0. The van der Waals surface area contributed by atoms with Crippen molar-refractivity contribution >= 4 is 11.8 Å². The topological polar surface area (TPSA) is 61.8 Å². The van der Waals surface area contributed by atoms with E-state index < -0.39 is 0 Å². The van der Waals surface area contributed by atoms with Crippen LogP contribution in [0.1, 0.15) is 23.7 Å². The predicted octanol–water partition coefficient (Wildman–Crippen LogP) is 1.85. The number of carbonyl (C=O) groups is 2. The number of ether oxygens (including phenoxy) is 3. The van der Waals surface area contributed by atoms with Crippen LogP contribution in [0, 0.1) is 0 Å². The van der Waals surface area contributed by atoms with Crippen molar-refractivity contribution in [3.8, 4) is 5.75 Å². The minimum Gasteiger partial charge on any atom is -0.491 e. The highest BCUT2D eigenvalue weighted by atomic mass is 16.5. The van der Waals surface area contributed by atoms with Gasteiger partial charge in [-0.3, -0.25) is 9.59 Å². The predicted molar refractivity (Wildman–Crippen MR) is 69.4 cm³/mol. The standard InChI is InChI=1S/C14H18O5/c1-11(15)18-8-7-14(16)12-3-5-13(6-4-12)19-10-9-17-2/h3-6H,7-10H2,1-2H3. The number of rotatable bonds is 8. The Morgan fingerprint density at radius 2 is 1.74 bits per heavy atom. The van der Waals surface area contributed by atoms with Gasteiger partial charge in [0.05, 0.1) is 13.2 Å². The van der Waals surface area contributed by atoms with Crippen molar-refractivity contribution in [2.45, 2.75) is 13.3 Å². The third kappa shape index (κ3) is 6.01. The first-order valence-corrected chi connectivity index (χ1v) is 6.02. The van der Waals surface area contributed by atoms with Crippen molar-refractivity contribution in [3.05, 3.63) is 29.8 Å². The van der Waals surface area contributed by atoms with Gasteiger partial charge in [-0.2, -0.15) is 0 Å². The molecule has 1 aromatic carbocycles. The maximum absolute atomic E-state index is 11.7. The Bertz CT molecular complexity index is 410. The zero-order valence-electron chi connectivity index (χ0n) is 11.2. The molecule has 0 radical (unpaired) electrons. The van der Waals surface area contributed by atoms with Crippen molar-refractivity contribution < 1.29 is 23.8 Å². The first kappa shape index (κ1) is 15.2. The average Bonchev–Trinajstić information content (AvgIpc) is 2.39. The third-order valence-electron chi connectivity index (χ3n) is 2.37. The lowest BCUT2D eigenvalue weighted by Gasteiger charge is -2.06. The van der Waals surface area contributed by atoms with Crippen LogP contribution >= 0.6 is 0 Å². The molecule has 19 heavy (non-hydrogen) atoms. The summed E-state index contributed by atoms with van der Waals surface area (Å²) in [6.45, 7) is 2.41. The van der Waals surface area contributed by atoms with E-state index >= 15 is 0 Å². The van der Waals surface area contributed by atoms with Crippen molar-refractivity contribution in [1.29, 1.82) is 0 Å². The molecule has 0 aliphatic carbocycles. The first-order valence-electron chi connectivity index (χ1n) is 6.02. The SMILES string of the molecule is COCCOc1ccc(C(=O)CCOC(C)=O)cc1. The Morgan fingerprint density at radius 1 is 1.05 bits per heavy atom. The van der Waals surface area contributed by atoms with Crippen LogP contribution in [0.5, 0.6) is 5.75 Å². The summed E-state index contributed by atoms with van der Waals surface area (Å²) < 4.78 is 15.0. The summed E-state index contributed by atoms with van der Waals surface area (Å²) in [6.07, 6.45) is 0.184. The molecule has 1 aromatic rings. The molecule has 0 amide bonds. The van der Waals surface area contributed by atoms with Crippen LogP contribution in [-0.4, -0.2) is 38.7 Å². The lowest BCUT2D eigenvalue weighted by molar-refractivity contribution is -0.140. The van der Waals surface area contributed by atoms with Crippen molar-refractivity contribution in [2.75, 3.05) is 26.9 Å². The zero-order chi connectivity index (χ0) is 14.1. The van der Waals surface area contributed by atoms with Gasteiger partial charge >= 0.3 is 5.97 Å². The first-order chi connectivity index (χ1) is 9.13. The number of hydrogen-bond acceptors (Lipinski definition) is 5. The summed E-state index contributed by atoms with van der Waals surface area (Å²) in [5.41, 5.74) is 0.575. The van der Waals surface area contributed by atoms with Gasteiger partial charge in [0.1, 0.15) is 12.4 Å². The van der Waals surface area contributed by atoms with Gasteiger partial charge in [-0.15, -0.1) is 0 Å². The number of benzene rings is 1. The molecule has 0 saturated carbocycles. The molecule has 0 N–H and O–H groups in total. The number of Topliss-reactive ketones (excluding diaryl/α,β-unsaturated/α-hetero) is 1. The second-order valence-corrected chi connectivity index (χ2v) is 3.88. The van der Waals surface area contributed by atoms with Crippen LogP contribution in [0.15, 0.2) is 24.3 Å². The lowest BCUT2D eigenvalue weighted by atomic mass is 10.1. The molecule has 0 unspecified atom stereocenters. The molecule has 1 rings (SSSR count). The van der Waals surface area contributed by atoms with Gasteiger partial charge in [0.15, 0.2) is 5.78 Å². The maximum atomic E-state index is 11.7. The fraction of sp³-hybridized carbons (Fsp3) is 0.429. The molecule has 0 atom stereocenters. The fourth-order valence-corrected chi connectivity index (χ4v) is 1.41. The van der Waals surface area contributed by atoms with Crippen LogP contribution < -0.4 is 4.74 Å². The molecule has 5 nitrogen and oxygen atoms in total. The molecule has 0 saturated heterocycles. The molecule has 0 bridgehead atoms. The quantitative estimate of drug-likeness (QED) is 0.408. The molecule has 104 valence electrons. The van der Waals surface area contributed by atoms with Gasteiger partial charge in [-0.25, -0.2) is 0 Å². The summed E-state index contributed by atoms with van der Waals surface area (Å²) in [5.74, 6) is 0.243. The van der Waals surface area contributed by atoms with Crippen molar-refractivity contribution in [2.24, 2.45) is 0 Å². The van der Waals surface area contributed by atoms with E-state index in [9.17, 15) is 9.59 Å². The van der Waals surface area contributed by atoms with E-state index in [0.29, 0.717) is 24.5 Å². The van der Waals surface area contributed by atoms with Gasteiger partial charge in [-0.05, 0) is 24.3 Å². The minimum absolute atomic E-state index is 0.0651. The van der Waals surface area contributed by atoms with E-state index in [1.807, 2.05) is 0 Å². The smallest absolute Gasteiger partial charge is 0.302 e. The Balaban J connectivity index is 2.41. The summed E-state index contributed by atoms with van der Waals surface area (Å²) in [7, 11) is 1.61. The van der Waals surface area contributed by atoms with Crippen LogP contribution in [0.4, 0.5) is 0 Å². The average molecular weight is 266 g/mol. The second-order valence-electron chi connectivity index (χ2n) is 3.88. The molecular formula is C14H18O5. The lowest BCUT2D eigenvalue weighted by Crippen LogP contribution is -2.08. The van der Waals surface area contributed by atoms with Gasteiger partial charge in [0.25, 0.3) is 0 Å². The summed E-state index contributed by atoms with van der Waals surface area (Å²) in [4.78, 5) is 22.3. The van der Waals surface area contributed by atoms with Crippen LogP contribution in [0.25, 0.3) is 0 Å². The highest BCUT2D eigenvalue weighted by molar-refractivity contribution is 5.96. The Kier molecular flexibility index (Phi) is 6.60. The van der Waals surface area contributed by atoms with Crippen LogP contribution in [0.2, 0.25) is 0 Å². The molecular weight excluding hydrogens is 248 g/mol. The Labute approximate surface area is 112 Å². The van der Waals surface area contributed by atoms with Gasteiger partial charge in [0, 0.05) is 26.0 Å². The van der Waals surface area contributed by atoms with Crippen LogP contribution in [-0.2, 0) is 14.3 Å². The largest absolute Gasteiger partial charge is 0.491 e. The number of ketones is 1. The van der Waals surface area contributed by atoms with Gasteiger partial charge in [0.2, 0.25) is 0 Å². The molecule has 0 aromatic heterocycles. The van der Waals surface area contributed by atoms with E-state index in [-0.39, 0.29) is 24.8 Å². The van der Waals surface area contributed by atoms with Crippen LogP contribution in [0.3, 0.4) is 0 Å². The summed E-state index contributed by atoms with van der Waals surface area (Å²) in [6, 6.07) is 6.85. The monoisotopic (exact) mass is 266 g/mol. The van der Waals surface area contributed by atoms with E-state index in [2.05, 4.69) is 0 Å². The third-order valence-corrected chi connectivity index (χ3v) is 2.37. The second kappa shape index (κ2) is 8.26. The summed E-state index contributed by atoms with van der Waals surface area (Å²) >= 11 is 0. The highest BCUT2D eigenvalue weighted by Crippen LogP contribution is 2.13. The molecule has 0 heterocycles. The number of esters is 1. The molecule has 0 aliphatic heterocycles. The van der Waals surface area contributed by atoms with E-state index in [1.165, 1.54) is 6.92 Å². The van der Waals surface area contributed by atoms with Crippen molar-refractivity contribution in [3.63, 3.8) is 0 Å². The Hall–Kier alpha value is -1.88.